The smallest absolute Gasteiger partial charge is 0.408 e. The van der Waals surface area contributed by atoms with Gasteiger partial charge in [0.1, 0.15) is 17.7 Å². The van der Waals surface area contributed by atoms with Crippen molar-refractivity contribution in [3.05, 3.63) is 70.8 Å². The number of halogens is 1. The van der Waals surface area contributed by atoms with E-state index in [1.807, 2.05) is 64.1 Å². The van der Waals surface area contributed by atoms with Crippen molar-refractivity contribution in [1.29, 1.82) is 0 Å². The maximum absolute atomic E-state index is 14.6. The molecule has 42 heavy (non-hydrogen) atoms. The predicted molar refractivity (Wildman–Crippen MR) is 172 cm³/mol. The molecule has 0 aliphatic heterocycles. The third-order valence-corrected chi connectivity index (χ3v) is 7.27. The van der Waals surface area contributed by atoms with Gasteiger partial charge in [0.25, 0.3) is 5.91 Å². The lowest BCUT2D eigenvalue weighted by atomic mass is 9.94. The second-order valence-electron chi connectivity index (χ2n) is 12.6. The molecule has 2 N–H and O–H groups in total. The lowest BCUT2D eigenvalue weighted by Crippen LogP contribution is -2.56. The summed E-state index contributed by atoms with van der Waals surface area (Å²) < 4.78 is 5.49. The van der Waals surface area contributed by atoms with Gasteiger partial charge in [-0.3, -0.25) is 9.59 Å². The first-order valence-corrected chi connectivity index (χ1v) is 15.0. The van der Waals surface area contributed by atoms with Crippen LogP contribution in [0.4, 0.5) is 10.5 Å². The molecule has 7 nitrogen and oxygen atoms in total. The van der Waals surface area contributed by atoms with Gasteiger partial charge >= 0.3 is 6.09 Å². The van der Waals surface area contributed by atoms with Crippen molar-refractivity contribution in [3.8, 4) is 0 Å². The summed E-state index contributed by atoms with van der Waals surface area (Å²) in [5.74, 6) is -0.657. The van der Waals surface area contributed by atoms with Crippen LogP contribution in [0.1, 0.15) is 91.0 Å². The van der Waals surface area contributed by atoms with Gasteiger partial charge in [-0.05, 0) is 88.1 Å². The predicted octanol–water partition coefficient (Wildman–Crippen LogP) is 8.17. The molecule has 3 unspecified atom stereocenters. The van der Waals surface area contributed by atoms with Crippen molar-refractivity contribution in [1.82, 2.24) is 10.2 Å². The Hall–Kier alpha value is -3.32. The summed E-state index contributed by atoms with van der Waals surface area (Å²) in [7, 11) is 0. The molecular weight excluding hydrogens is 550 g/mol. The Kier molecular flexibility index (Phi) is 12.7. The Balaban J connectivity index is 2.70. The van der Waals surface area contributed by atoms with Crippen LogP contribution >= 0.6 is 11.6 Å². The van der Waals surface area contributed by atoms with E-state index in [0.29, 0.717) is 28.6 Å². The lowest BCUT2D eigenvalue weighted by molar-refractivity contribution is -0.144. The van der Waals surface area contributed by atoms with Crippen LogP contribution in [-0.4, -0.2) is 40.5 Å². The third-order valence-electron chi connectivity index (χ3n) is 6.95. The van der Waals surface area contributed by atoms with Crippen LogP contribution in [0.25, 0.3) is 6.08 Å². The minimum Gasteiger partial charge on any atom is -0.444 e. The Bertz CT molecular complexity index is 1230. The summed E-state index contributed by atoms with van der Waals surface area (Å²) in [5.41, 5.74) is 1.99. The highest BCUT2D eigenvalue weighted by atomic mass is 35.5. The van der Waals surface area contributed by atoms with E-state index in [1.165, 1.54) is 0 Å². The average molecular weight is 598 g/mol. The molecule has 0 aromatic heterocycles. The van der Waals surface area contributed by atoms with Gasteiger partial charge in [0, 0.05) is 6.04 Å². The molecule has 2 aromatic carbocycles. The van der Waals surface area contributed by atoms with E-state index in [9.17, 15) is 14.4 Å². The minimum atomic E-state index is -1.02. The SMILES string of the molecule is C=Cc1cccc(C(C(=O)Nc2c(C)cccc2Cl)N(C(=O)C(NC(=O)OC(C)(C)C)C(C)C)C(C)CCC(C)C)c1. The van der Waals surface area contributed by atoms with Crippen molar-refractivity contribution in [3.63, 3.8) is 0 Å². The fourth-order valence-electron chi connectivity index (χ4n) is 4.70. The Morgan fingerprint density at radius 2 is 1.67 bits per heavy atom. The zero-order valence-electron chi connectivity index (χ0n) is 26.6. The van der Waals surface area contributed by atoms with Crippen molar-refractivity contribution in [2.45, 2.75) is 98.9 Å². The monoisotopic (exact) mass is 597 g/mol. The van der Waals surface area contributed by atoms with Crippen molar-refractivity contribution in [2.24, 2.45) is 11.8 Å². The summed E-state index contributed by atoms with van der Waals surface area (Å²) >= 11 is 6.49. The Labute approximate surface area is 257 Å². The first-order chi connectivity index (χ1) is 19.5. The fraction of sp³-hybridized carbons (Fsp3) is 0.500. The summed E-state index contributed by atoms with van der Waals surface area (Å²) in [6.45, 7) is 21.0. The van der Waals surface area contributed by atoms with Gasteiger partial charge in [-0.2, -0.15) is 0 Å². The summed E-state index contributed by atoms with van der Waals surface area (Å²) in [4.78, 5) is 43.3. The lowest BCUT2D eigenvalue weighted by Gasteiger charge is -2.39. The van der Waals surface area contributed by atoms with Crippen LogP contribution in [0, 0.1) is 18.8 Å². The number of carbonyl (C=O) groups is 3. The van der Waals surface area contributed by atoms with Crippen molar-refractivity contribution in [2.75, 3.05) is 5.32 Å². The highest BCUT2D eigenvalue weighted by Crippen LogP contribution is 2.32. The van der Waals surface area contributed by atoms with Crippen LogP contribution < -0.4 is 10.6 Å². The molecular formula is C34H48ClN3O4. The number of aryl methyl sites for hydroxylation is 1. The Morgan fingerprint density at radius 1 is 1.02 bits per heavy atom. The third kappa shape index (κ3) is 9.90. The first kappa shape index (κ1) is 34.9. The van der Waals surface area contributed by atoms with Gasteiger partial charge in [-0.15, -0.1) is 0 Å². The fourth-order valence-corrected chi connectivity index (χ4v) is 4.97. The number of carbonyl (C=O) groups excluding carboxylic acids is 3. The number of ether oxygens (including phenoxy) is 1. The topological polar surface area (TPSA) is 87.7 Å². The molecule has 2 rings (SSSR count). The molecule has 0 spiro atoms. The molecule has 230 valence electrons. The number of nitrogens with zero attached hydrogens (tertiary/aromatic N) is 1. The van der Waals surface area contributed by atoms with Crippen LogP contribution in [0.15, 0.2) is 49.0 Å². The molecule has 3 atom stereocenters. The van der Waals surface area contributed by atoms with E-state index in [0.717, 1.165) is 17.5 Å². The summed E-state index contributed by atoms with van der Waals surface area (Å²) in [6.07, 6.45) is 2.52. The van der Waals surface area contributed by atoms with Gasteiger partial charge in [0.05, 0.1) is 10.7 Å². The van der Waals surface area contributed by atoms with Gasteiger partial charge in [-0.25, -0.2) is 4.79 Å². The van der Waals surface area contributed by atoms with Gasteiger partial charge < -0.3 is 20.3 Å². The van der Waals surface area contributed by atoms with Crippen LogP contribution in [0.3, 0.4) is 0 Å². The second kappa shape index (κ2) is 15.2. The Morgan fingerprint density at radius 3 is 2.21 bits per heavy atom. The number of para-hydroxylation sites is 1. The van der Waals surface area contributed by atoms with Gasteiger partial charge in [-0.1, -0.05) is 82.3 Å². The molecule has 2 aromatic rings. The minimum absolute atomic E-state index is 0.279. The molecule has 0 aliphatic carbocycles. The molecule has 0 heterocycles. The number of alkyl carbamates (subject to hydrolysis) is 1. The molecule has 0 bridgehead atoms. The number of hydrogen-bond donors (Lipinski definition) is 2. The largest absolute Gasteiger partial charge is 0.444 e. The van der Waals surface area contributed by atoms with E-state index >= 15 is 0 Å². The highest BCUT2D eigenvalue weighted by molar-refractivity contribution is 6.34. The number of rotatable bonds is 12. The average Bonchev–Trinajstić information content (AvgIpc) is 2.89. The molecule has 0 radical (unpaired) electrons. The van der Waals surface area contributed by atoms with Crippen LogP contribution in [0.2, 0.25) is 5.02 Å². The van der Waals surface area contributed by atoms with E-state index in [2.05, 4.69) is 31.1 Å². The van der Waals surface area contributed by atoms with Crippen molar-refractivity contribution < 1.29 is 19.1 Å². The number of hydrogen-bond acceptors (Lipinski definition) is 4. The van der Waals surface area contributed by atoms with Gasteiger partial charge in [0.2, 0.25) is 5.91 Å². The number of nitrogens with one attached hydrogen (secondary N) is 2. The summed E-state index contributed by atoms with van der Waals surface area (Å²) in [5, 5.41) is 6.20. The standard InChI is InChI=1S/C34H48ClN3O4/c1-11-25-15-13-16-26(20-25)30(31(39)36-29-23(6)14-12-17-27(29)35)38(24(7)19-18-21(2)3)32(40)28(22(4)5)37-33(41)42-34(8,9)10/h11-17,20-22,24,28,30H,1,18-19H2,2-10H3,(H,36,39)(H,37,41). The van der Waals surface area contributed by atoms with E-state index < -0.39 is 29.7 Å². The molecule has 0 saturated heterocycles. The van der Waals surface area contributed by atoms with Gasteiger partial charge in [0.15, 0.2) is 0 Å². The number of anilines is 1. The zero-order valence-corrected chi connectivity index (χ0v) is 27.3. The van der Waals surface area contributed by atoms with Crippen molar-refractivity contribution >= 4 is 41.3 Å². The maximum atomic E-state index is 14.6. The first-order valence-electron chi connectivity index (χ1n) is 14.7. The van der Waals surface area contributed by atoms with E-state index in [4.69, 9.17) is 16.3 Å². The maximum Gasteiger partial charge on any atom is 0.408 e. The number of amides is 3. The molecule has 8 heteroatoms. The summed E-state index contributed by atoms with van der Waals surface area (Å²) in [6, 6.07) is 10.5. The zero-order chi connectivity index (χ0) is 31.8. The molecule has 0 saturated carbocycles. The molecule has 0 aliphatic rings. The van der Waals surface area contributed by atoms with Crippen LogP contribution in [0.5, 0.6) is 0 Å². The van der Waals surface area contributed by atoms with Crippen LogP contribution in [-0.2, 0) is 14.3 Å². The number of benzene rings is 2. The highest BCUT2D eigenvalue weighted by Gasteiger charge is 2.40. The van der Waals surface area contributed by atoms with E-state index in [1.54, 1.807) is 37.8 Å². The van der Waals surface area contributed by atoms with E-state index in [-0.39, 0.29) is 17.9 Å². The molecule has 0 fully saturated rings. The second-order valence-corrected chi connectivity index (χ2v) is 13.0. The normalized spacial score (nSPS) is 13.7. The molecule has 3 amide bonds. The quantitative estimate of drug-likeness (QED) is 0.258.